The first-order chi connectivity index (χ1) is 23.2. The van der Waals surface area contributed by atoms with E-state index in [0.29, 0.717) is 6.61 Å². The second-order valence-corrected chi connectivity index (χ2v) is 14.9. The van der Waals surface area contributed by atoms with Crippen LogP contribution in [0.2, 0.25) is 0 Å². The van der Waals surface area contributed by atoms with Crippen molar-refractivity contribution in [1.29, 1.82) is 0 Å². The molecule has 0 rings (SSSR count). The Morgan fingerprint density at radius 1 is 0.583 bits per heavy atom. The first kappa shape index (κ1) is 47.0. The molecule has 286 valence electrons. The molecular weight excluding hydrogens is 633 g/mol. The number of ether oxygens (including phenoxy) is 2. The smallest absolute Gasteiger partial charge is 0.472 e. The number of unbranched alkanes of at least 4 members (excludes halogenated alkanes) is 24. The van der Waals surface area contributed by atoms with Gasteiger partial charge in [-0.3, -0.25) is 18.6 Å². The number of carbonyl (C=O) groups excluding carboxylic acids is 1. The fourth-order valence-corrected chi connectivity index (χ4v) is 6.32. The van der Waals surface area contributed by atoms with Gasteiger partial charge in [-0.1, -0.05) is 168 Å². The first-order valence-corrected chi connectivity index (χ1v) is 21.1. The van der Waals surface area contributed by atoms with Crippen LogP contribution in [0.25, 0.3) is 0 Å². The van der Waals surface area contributed by atoms with Crippen LogP contribution in [0.3, 0.4) is 0 Å². The Labute approximate surface area is 293 Å². The second-order valence-electron chi connectivity index (χ2n) is 13.4. The monoisotopic (exact) mass is 708 g/mol. The zero-order valence-electron chi connectivity index (χ0n) is 30.9. The topological polar surface area (TPSA) is 155 Å². The quantitative estimate of drug-likeness (QED) is 0.0321. The van der Waals surface area contributed by atoms with Crippen molar-refractivity contribution in [3.63, 3.8) is 0 Å². The molecule has 0 saturated carbocycles. The number of nitrogens with two attached hydrogens (primary N) is 1. The van der Waals surface area contributed by atoms with Gasteiger partial charge >= 0.3 is 19.8 Å². The van der Waals surface area contributed by atoms with Gasteiger partial charge < -0.3 is 25.2 Å². The first-order valence-electron chi connectivity index (χ1n) is 19.6. The molecule has 0 aliphatic carbocycles. The maximum absolute atomic E-state index is 12.5. The number of esters is 1. The predicted molar refractivity (Wildman–Crippen MR) is 194 cm³/mol. The van der Waals surface area contributed by atoms with E-state index in [9.17, 15) is 19.0 Å². The molecule has 0 heterocycles. The van der Waals surface area contributed by atoms with Gasteiger partial charge in [0, 0.05) is 13.0 Å². The predicted octanol–water partition coefficient (Wildman–Crippen LogP) is 10.0. The van der Waals surface area contributed by atoms with Crippen LogP contribution in [-0.2, 0) is 32.7 Å². The van der Waals surface area contributed by atoms with Crippen molar-refractivity contribution < 1.29 is 42.7 Å². The van der Waals surface area contributed by atoms with Gasteiger partial charge in [0.05, 0.1) is 19.8 Å². The summed E-state index contributed by atoms with van der Waals surface area (Å²) < 4.78 is 33.2. The summed E-state index contributed by atoms with van der Waals surface area (Å²) in [6.45, 7) is 3.90. The van der Waals surface area contributed by atoms with E-state index < -0.39 is 45.1 Å². The molecule has 0 aliphatic rings. The zero-order valence-corrected chi connectivity index (χ0v) is 31.7. The average Bonchev–Trinajstić information content (AvgIpc) is 3.06. The number of hydrogen-bond acceptors (Lipinski definition) is 8. The van der Waals surface area contributed by atoms with Gasteiger partial charge in [0.1, 0.15) is 12.1 Å². The number of carboxylic acid groups (broad SMARTS) is 1. The summed E-state index contributed by atoms with van der Waals surface area (Å²) in [4.78, 5) is 33.4. The van der Waals surface area contributed by atoms with Crippen LogP contribution in [0.1, 0.15) is 187 Å². The highest BCUT2D eigenvalue weighted by atomic mass is 31.2. The van der Waals surface area contributed by atoms with Gasteiger partial charge in [0.15, 0.2) is 0 Å². The summed E-state index contributed by atoms with van der Waals surface area (Å²) in [6.07, 6.45) is 31.5. The van der Waals surface area contributed by atoms with Gasteiger partial charge in [-0.2, -0.15) is 0 Å². The summed E-state index contributed by atoms with van der Waals surface area (Å²) in [5.74, 6) is -1.77. The number of rotatable bonds is 38. The fourth-order valence-electron chi connectivity index (χ4n) is 5.55. The number of phosphoric acid groups is 1. The lowest BCUT2D eigenvalue weighted by Crippen LogP contribution is -2.34. The summed E-state index contributed by atoms with van der Waals surface area (Å²) in [5.41, 5.74) is 5.34. The van der Waals surface area contributed by atoms with Gasteiger partial charge in [0.25, 0.3) is 0 Å². The molecule has 0 aliphatic heterocycles. The van der Waals surface area contributed by atoms with E-state index in [4.69, 9.17) is 29.4 Å². The number of hydrogen-bond donors (Lipinski definition) is 3. The number of carboxylic acids is 1. The standard InChI is InChI=1S/C37H74NO9P/c1-3-5-7-9-11-13-15-17-18-20-22-24-26-28-30-44-31-34(32-45-48(42,43)46-33-35(38)37(40)41)47-36(39)29-27-25-23-21-19-16-14-12-10-8-6-4-2/h34-35H,3-33,38H2,1-2H3,(H,40,41)(H,42,43). The zero-order chi connectivity index (χ0) is 35.6. The molecule has 11 heteroatoms. The molecule has 0 spiro atoms. The van der Waals surface area contributed by atoms with E-state index in [1.165, 1.54) is 128 Å². The van der Waals surface area contributed by atoms with Crippen LogP contribution in [-0.4, -0.2) is 60.5 Å². The van der Waals surface area contributed by atoms with Crippen molar-refractivity contribution in [3.05, 3.63) is 0 Å². The van der Waals surface area contributed by atoms with Crippen LogP contribution in [0.15, 0.2) is 0 Å². The van der Waals surface area contributed by atoms with E-state index in [2.05, 4.69) is 13.8 Å². The molecular formula is C37H74NO9P. The molecule has 4 N–H and O–H groups in total. The molecule has 0 saturated heterocycles. The van der Waals surface area contributed by atoms with Crippen molar-refractivity contribution in [2.24, 2.45) is 5.73 Å². The molecule has 0 aromatic rings. The van der Waals surface area contributed by atoms with E-state index in [-0.39, 0.29) is 13.0 Å². The van der Waals surface area contributed by atoms with Gasteiger partial charge in [-0.05, 0) is 12.8 Å². The SMILES string of the molecule is CCCCCCCCCCCCCCCCOCC(COP(=O)(O)OCC(N)C(=O)O)OC(=O)CCCCCCCCCCCCCC. The third-order valence-electron chi connectivity index (χ3n) is 8.64. The molecule has 3 atom stereocenters. The highest BCUT2D eigenvalue weighted by Gasteiger charge is 2.27. The molecule has 0 aromatic carbocycles. The largest absolute Gasteiger partial charge is 0.480 e. The number of aliphatic carboxylic acids is 1. The van der Waals surface area contributed by atoms with E-state index in [1.807, 2.05) is 0 Å². The van der Waals surface area contributed by atoms with Crippen LogP contribution >= 0.6 is 7.82 Å². The van der Waals surface area contributed by atoms with E-state index >= 15 is 0 Å². The normalized spacial score (nSPS) is 14.1. The summed E-state index contributed by atoms with van der Waals surface area (Å²) in [5, 5.41) is 8.86. The van der Waals surface area contributed by atoms with Crippen LogP contribution in [0.5, 0.6) is 0 Å². The Balaban J connectivity index is 4.25. The van der Waals surface area contributed by atoms with Crippen molar-refractivity contribution in [2.45, 2.75) is 199 Å². The van der Waals surface area contributed by atoms with Crippen molar-refractivity contribution in [1.82, 2.24) is 0 Å². The van der Waals surface area contributed by atoms with E-state index in [0.717, 1.165) is 38.5 Å². The molecule has 48 heavy (non-hydrogen) atoms. The van der Waals surface area contributed by atoms with E-state index in [1.54, 1.807) is 0 Å². The third kappa shape index (κ3) is 33.5. The Morgan fingerprint density at radius 3 is 1.38 bits per heavy atom. The molecule has 0 aromatic heterocycles. The summed E-state index contributed by atoms with van der Waals surface area (Å²) >= 11 is 0. The minimum atomic E-state index is -4.60. The summed E-state index contributed by atoms with van der Waals surface area (Å²) in [6, 6.07) is -1.47. The lowest BCUT2D eigenvalue weighted by atomic mass is 10.0. The minimum Gasteiger partial charge on any atom is -0.480 e. The maximum Gasteiger partial charge on any atom is 0.472 e. The molecule has 0 fully saturated rings. The Kier molecular flexibility index (Phi) is 33.7. The number of carbonyl (C=O) groups is 2. The lowest BCUT2D eigenvalue weighted by molar-refractivity contribution is -0.154. The average molecular weight is 708 g/mol. The second kappa shape index (κ2) is 34.4. The van der Waals surface area contributed by atoms with Gasteiger partial charge in [-0.15, -0.1) is 0 Å². The van der Waals surface area contributed by atoms with Gasteiger partial charge in [0.2, 0.25) is 0 Å². The molecule has 0 amide bonds. The Hall–Kier alpha value is -1.03. The molecule has 0 bridgehead atoms. The molecule has 3 unspecified atom stereocenters. The lowest BCUT2D eigenvalue weighted by Gasteiger charge is -2.20. The molecule has 10 nitrogen and oxygen atoms in total. The summed E-state index contributed by atoms with van der Waals surface area (Å²) in [7, 11) is -4.60. The van der Waals surface area contributed by atoms with Crippen molar-refractivity contribution in [2.75, 3.05) is 26.4 Å². The van der Waals surface area contributed by atoms with Gasteiger partial charge in [-0.25, -0.2) is 4.57 Å². The van der Waals surface area contributed by atoms with Crippen LogP contribution in [0.4, 0.5) is 0 Å². The highest BCUT2D eigenvalue weighted by Crippen LogP contribution is 2.43. The number of phosphoric ester groups is 1. The van der Waals surface area contributed by atoms with Crippen LogP contribution < -0.4 is 5.73 Å². The van der Waals surface area contributed by atoms with Crippen molar-refractivity contribution in [3.8, 4) is 0 Å². The Morgan fingerprint density at radius 2 is 0.958 bits per heavy atom. The third-order valence-corrected chi connectivity index (χ3v) is 9.59. The van der Waals surface area contributed by atoms with Crippen LogP contribution in [0, 0.1) is 0 Å². The Bertz CT molecular complexity index is 786. The van der Waals surface area contributed by atoms with Crippen molar-refractivity contribution >= 4 is 19.8 Å². The fraction of sp³-hybridized carbons (Fsp3) is 0.946. The maximum atomic E-state index is 12.5. The minimum absolute atomic E-state index is 0.0251. The molecule has 0 radical (unpaired) electrons. The highest BCUT2D eigenvalue weighted by molar-refractivity contribution is 7.47.